The Balaban J connectivity index is 3.66. The summed E-state index contributed by atoms with van der Waals surface area (Å²) in [7, 11) is 2.83. The zero-order valence-corrected chi connectivity index (χ0v) is 17.5. The lowest BCUT2D eigenvalue weighted by atomic mass is 9.85. The Morgan fingerprint density at radius 1 is 0.615 bits per heavy atom. The van der Waals surface area contributed by atoms with E-state index in [9.17, 15) is 9.59 Å². The molecule has 0 N–H and O–H groups in total. The van der Waals surface area contributed by atoms with E-state index >= 15 is 0 Å². The summed E-state index contributed by atoms with van der Waals surface area (Å²) in [5.41, 5.74) is 0.109. The first-order valence-corrected chi connectivity index (χ1v) is 9.41. The molecule has 0 aliphatic rings. The third kappa shape index (κ3) is 14.1. The van der Waals surface area contributed by atoms with Crippen molar-refractivity contribution < 1.29 is 28.5 Å². The minimum absolute atomic E-state index is 0.0543. The van der Waals surface area contributed by atoms with Gasteiger partial charge >= 0.3 is 11.9 Å². The summed E-state index contributed by atoms with van der Waals surface area (Å²) < 4.78 is 20.6. The molecule has 0 unspecified atom stereocenters. The molecule has 0 aromatic carbocycles. The second-order valence-electron chi connectivity index (χ2n) is 8.21. The molecule has 0 heterocycles. The predicted octanol–water partition coefficient (Wildman–Crippen LogP) is 3.76. The van der Waals surface area contributed by atoms with Crippen molar-refractivity contribution in [1.82, 2.24) is 0 Å². The van der Waals surface area contributed by atoms with E-state index in [1.807, 2.05) is 0 Å². The van der Waals surface area contributed by atoms with Crippen molar-refractivity contribution in [2.24, 2.45) is 10.8 Å². The Hall–Kier alpha value is -1.14. The lowest BCUT2D eigenvalue weighted by Crippen LogP contribution is -2.19. The molecule has 154 valence electrons. The molecule has 0 spiro atoms. The highest BCUT2D eigenvalue weighted by molar-refractivity contribution is 5.69. The van der Waals surface area contributed by atoms with E-state index in [0.29, 0.717) is 39.3 Å². The number of carbonyl (C=O) groups excluding carboxylic acids is 2. The number of carbonyl (C=O) groups is 2. The van der Waals surface area contributed by atoms with Crippen LogP contribution in [0.1, 0.15) is 66.2 Å². The van der Waals surface area contributed by atoms with E-state index in [1.54, 1.807) is 0 Å². The highest BCUT2D eigenvalue weighted by atomic mass is 16.5. The summed E-state index contributed by atoms with van der Waals surface area (Å²) in [5.74, 6) is -0.330. The normalized spacial score (nSPS) is 12.1. The Bertz CT molecular complexity index is 365. The van der Waals surface area contributed by atoms with E-state index in [-0.39, 0.29) is 22.8 Å². The van der Waals surface area contributed by atoms with Gasteiger partial charge in [0, 0.05) is 26.1 Å². The zero-order chi connectivity index (χ0) is 20.1. The number of methoxy groups -OCH3 is 2. The second-order valence-corrected chi connectivity index (χ2v) is 8.21. The number of hydrogen-bond donors (Lipinski definition) is 0. The maximum absolute atomic E-state index is 11.2. The van der Waals surface area contributed by atoms with Crippen LogP contribution in [0.25, 0.3) is 0 Å². The Morgan fingerprint density at radius 2 is 0.962 bits per heavy atom. The number of hydrogen-bond acceptors (Lipinski definition) is 6. The fraction of sp³-hybridized carbons (Fsp3) is 0.900. The van der Waals surface area contributed by atoms with Gasteiger partial charge in [0.1, 0.15) is 0 Å². The summed E-state index contributed by atoms with van der Waals surface area (Å²) in [6.07, 6.45) is 4.26. The average Bonchev–Trinajstić information content (AvgIpc) is 2.59. The third-order valence-corrected chi connectivity index (χ3v) is 4.69. The molecule has 0 aromatic heterocycles. The van der Waals surface area contributed by atoms with Gasteiger partial charge < -0.3 is 18.9 Å². The van der Waals surface area contributed by atoms with Crippen molar-refractivity contribution in [3.05, 3.63) is 0 Å². The molecule has 0 rings (SSSR count). The maximum Gasteiger partial charge on any atom is 0.305 e. The quantitative estimate of drug-likeness (QED) is 0.321. The molecule has 0 aromatic rings. The Morgan fingerprint density at radius 3 is 1.27 bits per heavy atom. The fourth-order valence-corrected chi connectivity index (χ4v) is 2.35. The molecule has 0 atom stereocenters. The van der Waals surface area contributed by atoms with Crippen LogP contribution in [-0.4, -0.2) is 52.6 Å². The van der Waals surface area contributed by atoms with Crippen molar-refractivity contribution in [2.45, 2.75) is 66.2 Å². The standard InChI is InChI=1S/C20H38O6/c1-19(2,9-7-17(21)23-5)11-13-25-15-16-26-14-12-20(3,4)10-8-18(22)24-6/h7-16H2,1-6H3. The maximum atomic E-state index is 11.2. The van der Waals surface area contributed by atoms with Gasteiger partial charge in [-0.2, -0.15) is 0 Å². The molecule has 0 bridgehead atoms. The van der Waals surface area contributed by atoms with Crippen molar-refractivity contribution in [2.75, 3.05) is 40.6 Å². The molecule has 0 aliphatic heterocycles. The van der Waals surface area contributed by atoms with Crippen LogP contribution in [0.4, 0.5) is 0 Å². The smallest absolute Gasteiger partial charge is 0.305 e. The number of ether oxygens (including phenoxy) is 4. The number of esters is 2. The van der Waals surface area contributed by atoms with Crippen molar-refractivity contribution in [3.8, 4) is 0 Å². The van der Waals surface area contributed by atoms with Crippen LogP contribution in [0.5, 0.6) is 0 Å². The Kier molecular flexibility index (Phi) is 12.5. The minimum Gasteiger partial charge on any atom is -0.469 e. The molecule has 0 saturated carbocycles. The molecule has 0 radical (unpaired) electrons. The Labute approximate surface area is 158 Å². The lowest BCUT2D eigenvalue weighted by Gasteiger charge is -2.24. The largest absolute Gasteiger partial charge is 0.469 e. The van der Waals surface area contributed by atoms with Gasteiger partial charge in [-0.1, -0.05) is 27.7 Å². The van der Waals surface area contributed by atoms with Crippen LogP contribution < -0.4 is 0 Å². The fourth-order valence-electron chi connectivity index (χ4n) is 2.35. The van der Waals surface area contributed by atoms with Crippen LogP contribution in [0.3, 0.4) is 0 Å². The molecule has 26 heavy (non-hydrogen) atoms. The minimum atomic E-state index is -0.165. The van der Waals surface area contributed by atoms with E-state index in [4.69, 9.17) is 9.47 Å². The van der Waals surface area contributed by atoms with E-state index in [1.165, 1.54) is 14.2 Å². The van der Waals surface area contributed by atoms with Crippen LogP contribution in [0, 0.1) is 10.8 Å². The average molecular weight is 375 g/mol. The van der Waals surface area contributed by atoms with Gasteiger partial charge in [0.2, 0.25) is 0 Å². The van der Waals surface area contributed by atoms with Gasteiger partial charge in [0.25, 0.3) is 0 Å². The van der Waals surface area contributed by atoms with Crippen LogP contribution in [0.2, 0.25) is 0 Å². The highest BCUT2D eigenvalue weighted by Gasteiger charge is 2.20. The molecule has 0 saturated heterocycles. The van der Waals surface area contributed by atoms with E-state index in [2.05, 4.69) is 37.2 Å². The molecule has 6 heteroatoms. The highest BCUT2D eigenvalue weighted by Crippen LogP contribution is 2.27. The topological polar surface area (TPSA) is 71.1 Å². The summed E-state index contributed by atoms with van der Waals surface area (Å²) in [6.45, 7) is 11.0. The van der Waals surface area contributed by atoms with E-state index in [0.717, 1.165) is 25.7 Å². The molecule has 6 nitrogen and oxygen atoms in total. The summed E-state index contributed by atoms with van der Waals surface area (Å²) in [4.78, 5) is 22.4. The summed E-state index contributed by atoms with van der Waals surface area (Å²) in [6, 6.07) is 0. The van der Waals surface area contributed by atoms with Gasteiger partial charge in [-0.15, -0.1) is 0 Å². The zero-order valence-electron chi connectivity index (χ0n) is 17.5. The SMILES string of the molecule is COC(=O)CCC(C)(C)CCOCCOCCC(C)(C)CCC(=O)OC. The van der Waals surface area contributed by atoms with Crippen LogP contribution >= 0.6 is 0 Å². The van der Waals surface area contributed by atoms with Gasteiger partial charge in [-0.25, -0.2) is 0 Å². The second kappa shape index (κ2) is 13.1. The first-order valence-electron chi connectivity index (χ1n) is 9.41. The van der Waals surface area contributed by atoms with E-state index < -0.39 is 0 Å². The van der Waals surface area contributed by atoms with Crippen molar-refractivity contribution in [1.29, 1.82) is 0 Å². The molecule has 0 aliphatic carbocycles. The van der Waals surface area contributed by atoms with Gasteiger partial charge in [-0.3, -0.25) is 9.59 Å². The molecular formula is C20H38O6. The van der Waals surface area contributed by atoms with Gasteiger partial charge in [0.15, 0.2) is 0 Å². The molecule has 0 amide bonds. The lowest BCUT2D eigenvalue weighted by molar-refractivity contribution is -0.142. The van der Waals surface area contributed by atoms with Crippen LogP contribution in [-0.2, 0) is 28.5 Å². The van der Waals surface area contributed by atoms with Gasteiger partial charge in [-0.05, 0) is 36.5 Å². The number of rotatable bonds is 15. The summed E-state index contributed by atoms with van der Waals surface area (Å²) in [5, 5.41) is 0. The molecule has 0 fully saturated rings. The first kappa shape index (κ1) is 24.9. The van der Waals surface area contributed by atoms with Crippen LogP contribution in [0.15, 0.2) is 0 Å². The monoisotopic (exact) mass is 374 g/mol. The van der Waals surface area contributed by atoms with Crippen molar-refractivity contribution >= 4 is 11.9 Å². The predicted molar refractivity (Wildman–Crippen MR) is 101 cm³/mol. The van der Waals surface area contributed by atoms with Gasteiger partial charge in [0.05, 0.1) is 27.4 Å². The molecular weight excluding hydrogens is 336 g/mol. The first-order chi connectivity index (χ1) is 12.1. The summed E-state index contributed by atoms with van der Waals surface area (Å²) >= 11 is 0. The third-order valence-electron chi connectivity index (χ3n) is 4.69. The van der Waals surface area contributed by atoms with Crippen molar-refractivity contribution in [3.63, 3.8) is 0 Å².